The first-order valence-corrected chi connectivity index (χ1v) is 10.2. The topological polar surface area (TPSA) is 63.2 Å². The zero-order valence-corrected chi connectivity index (χ0v) is 17.8. The Kier molecular flexibility index (Phi) is 4.24. The largest absolute Gasteiger partial charge is 0.354 e. The summed E-state index contributed by atoms with van der Waals surface area (Å²) in [7, 11) is 0. The number of nitrogens with one attached hydrogen (secondary N) is 4. The molecule has 0 unspecified atom stereocenters. The van der Waals surface area contributed by atoms with Crippen LogP contribution in [0.25, 0.3) is 44.1 Å². The molecule has 0 saturated heterocycles. The van der Waals surface area contributed by atoms with Gasteiger partial charge in [-0.3, -0.25) is 0 Å². The highest BCUT2D eigenvalue weighted by Crippen LogP contribution is 2.25. The summed E-state index contributed by atoms with van der Waals surface area (Å²) in [6, 6.07) is 15.7. The standard InChI is InChI=1S/C20H14N4S4/c25-17-9-1-2-10(21-9)18(26)12-5-6-14(23-12)20(28)16-8-7-15(24-16)19(27)13-4-3-11(17)22-13/h1-8,21-26H. The smallest absolute Gasteiger partial charge is 0.0846 e. The first kappa shape index (κ1) is 17.8. The van der Waals surface area contributed by atoms with E-state index in [0.29, 0.717) is 9.02 Å². The molecule has 4 N–H and O–H groups in total. The molecule has 0 fully saturated rings. The number of thiol groups is 2. The van der Waals surface area contributed by atoms with E-state index in [0.717, 1.165) is 53.9 Å². The van der Waals surface area contributed by atoms with E-state index in [9.17, 15) is 0 Å². The van der Waals surface area contributed by atoms with E-state index in [1.54, 1.807) is 0 Å². The van der Waals surface area contributed by atoms with Gasteiger partial charge in [-0.05, 0) is 48.5 Å². The summed E-state index contributed by atoms with van der Waals surface area (Å²) >= 11 is 20.7. The molecule has 28 heavy (non-hydrogen) atoms. The molecule has 5 aromatic rings. The average Bonchev–Trinajstić information content (AvgIpc) is 3.49. The minimum absolute atomic E-state index is 0.693. The Morgan fingerprint density at radius 2 is 0.643 bits per heavy atom. The minimum Gasteiger partial charge on any atom is -0.354 e. The van der Waals surface area contributed by atoms with Gasteiger partial charge in [0.25, 0.3) is 0 Å². The third-order valence-corrected chi connectivity index (χ3v) is 6.59. The van der Waals surface area contributed by atoms with Crippen LogP contribution in [0.15, 0.2) is 58.3 Å². The van der Waals surface area contributed by atoms with Gasteiger partial charge in [0.2, 0.25) is 0 Å². The maximum absolute atomic E-state index is 5.66. The van der Waals surface area contributed by atoms with Crippen molar-refractivity contribution in [2.24, 2.45) is 0 Å². The molecule has 8 heteroatoms. The molecule has 0 spiro atoms. The zero-order valence-electron chi connectivity index (χ0n) is 14.3. The van der Waals surface area contributed by atoms with Gasteiger partial charge >= 0.3 is 0 Å². The normalized spacial score (nSPS) is 11.5. The van der Waals surface area contributed by atoms with E-state index in [4.69, 9.17) is 49.7 Å². The zero-order chi connectivity index (χ0) is 19.4. The predicted octanol–water partition coefficient (Wildman–Crippen LogP) is 6.77. The van der Waals surface area contributed by atoms with Gasteiger partial charge < -0.3 is 19.9 Å². The maximum atomic E-state index is 5.66. The van der Waals surface area contributed by atoms with Crippen molar-refractivity contribution in [2.75, 3.05) is 0 Å². The third kappa shape index (κ3) is 2.84. The highest BCUT2D eigenvalue weighted by Gasteiger charge is 2.03. The van der Waals surface area contributed by atoms with Crippen molar-refractivity contribution < 1.29 is 0 Å². The van der Waals surface area contributed by atoms with Crippen molar-refractivity contribution in [2.45, 2.75) is 9.79 Å². The monoisotopic (exact) mass is 438 g/mol. The van der Waals surface area contributed by atoms with E-state index in [2.05, 4.69) is 19.9 Å². The van der Waals surface area contributed by atoms with Gasteiger partial charge in [0.05, 0.1) is 62.9 Å². The summed E-state index contributed by atoms with van der Waals surface area (Å²) < 4.78 is 1.39. The number of aromatic amines is 4. The van der Waals surface area contributed by atoms with Crippen LogP contribution in [0, 0.1) is 9.02 Å². The molecule has 0 aromatic carbocycles. The summed E-state index contributed by atoms with van der Waals surface area (Å²) in [6.07, 6.45) is 0. The van der Waals surface area contributed by atoms with Crippen LogP contribution >= 0.6 is 49.7 Å². The summed E-state index contributed by atoms with van der Waals surface area (Å²) in [5, 5.41) is 0. The molecule has 4 nitrogen and oxygen atoms in total. The predicted molar refractivity (Wildman–Crippen MR) is 128 cm³/mol. The van der Waals surface area contributed by atoms with Crippen molar-refractivity contribution >= 4 is 93.8 Å². The Hall–Kier alpha value is -2.26. The van der Waals surface area contributed by atoms with Crippen LogP contribution in [0.2, 0.25) is 0 Å². The summed E-state index contributed by atoms with van der Waals surface area (Å²) in [4.78, 5) is 15.0. The molecule has 0 atom stereocenters. The molecule has 0 amide bonds. The van der Waals surface area contributed by atoms with E-state index in [1.165, 1.54) is 0 Å². The third-order valence-electron chi connectivity index (χ3n) is 4.74. The lowest BCUT2D eigenvalue weighted by Crippen LogP contribution is -1.74. The number of aromatic nitrogens is 4. The fraction of sp³-hybridized carbons (Fsp3) is 0. The van der Waals surface area contributed by atoms with E-state index in [-0.39, 0.29) is 0 Å². The first-order valence-electron chi connectivity index (χ1n) is 8.50. The van der Waals surface area contributed by atoms with Gasteiger partial charge in [-0.25, -0.2) is 0 Å². The van der Waals surface area contributed by atoms with Crippen LogP contribution in [0.4, 0.5) is 0 Å². The first-order chi connectivity index (χ1) is 13.5. The van der Waals surface area contributed by atoms with Crippen molar-refractivity contribution in [3.63, 3.8) is 0 Å². The van der Waals surface area contributed by atoms with Gasteiger partial charge in [-0.2, -0.15) is 0 Å². The molecule has 5 rings (SSSR count). The van der Waals surface area contributed by atoms with E-state index in [1.807, 2.05) is 48.5 Å². The SMILES string of the molecule is S=c1c2ccc([nH]2)c(S)c2ccc([nH]2)c(S)c2ccc([nH]2)c(=S)c2ccc1[nH]2. The second-order valence-corrected chi connectivity index (χ2v) is 8.21. The number of hydrogen-bond acceptors (Lipinski definition) is 4. The van der Waals surface area contributed by atoms with Crippen LogP contribution in [0.5, 0.6) is 0 Å². The fourth-order valence-corrected chi connectivity index (χ4v) is 4.24. The van der Waals surface area contributed by atoms with Crippen LogP contribution in [0.3, 0.4) is 0 Å². The number of hydrogen-bond donors (Lipinski definition) is 6. The van der Waals surface area contributed by atoms with E-state index < -0.39 is 0 Å². The Labute approximate surface area is 180 Å². The molecule has 0 aliphatic rings. The number of H-pyrrole nitrogens is 4. The molecule has 0 radical (unpaired) electrons. The molecule has 0 saturated carbocycles. The van der Waals surface area contributed by atoms with Crippen molar-refractivity contribution in [3.8, 4) is 0 Å². The Morgan fingerprint density at radius 3 is 0.964 bits per heavy atom. The molecule has 5 aromatic heterocycles. The highest BCUT2D eigenvalue weighted by atomic mass is 32.1. The average molecular weight is 439 g/mol. The maximum Gasteiger partial charge on any atom is 0.0846 e. The van der Waals surface area contributed by atoms with Crippen LogP contribution in [-0.2, 0) is 0 Å². The fourth-order valence-electron chi connectivity index (χ4n) is 3.24. The van der Waals surface area contributed by atoms with Gasteiger partial charge in [-0.15, -0.1) is 25.3 Å². The number of rotatable bonds is 0. The lowest BCUT2D eigenvalue weighted by molar-refractivity contribution is 1.39. The lowest BCUT2D eigenvalue weighted by Gasteiger charge is -1.93. The highest BCUT2D eigenvalue weighted by molar-refractivity contribution is 7.81. The molecule has 8 bridgehead atoms. The summed E-state index contributed by atoms with van der Waals surface area (Å²) in [5.74, 6) is 0. The van der Waals surface area contributed by atoms with Crippen molar-refractivity contribution in [3.05, 3.63) is 57.6 Å². The van der Waals surface area contributed by atoms with Gasteiger partial charge in [-0.1, -0.05) is 24.4 Å². The Balaban J connectivity index is 2.04. The van der Waals surface area contributed by atoms with Gasteiger partial charge in [0.1, 0.15) is 0 Å². The van der Waals surface area contributed by atoms with Crippen LogP contribution in [0.1, 0.15) is 0 Å². The summed E-state index contributed by atoms with van der Waals surface area (Å²) in [6.45, 7) is 0. The minimum atomic E-state index is 0.693. The molecular weight excluding hydrogens is 425 g/mol. The van der Waals surface area contributed by atoms with Crippen molar-refractivity contribution in [1.82, 2.24) is 19.9 Å². The van der Waals surface area contributed by atoms with Gasteiger partial charge in [0.15, 0.2) is 0 Å². The molecule has 0 aliphatic heterocycles. The molecule has 5 heterocycles. The lowest BCUT2D eigenvalue weighted by atomic mass is 10.4. The second-order valence-electron chi connectivity index (χ2n) is 6.50. The Morgan fingerprint density at radius 1 is 0.429 bits per heavy atom. The number of fused-ring (bicyclic) bond motifs is 8. The summed E-state index contributed by atoms with van der Waals surface area (Å²) in [5.41, 5.74) is 6.91. The molecule has 0 aliphatic carbocycles. The van der Waals surface area contributed by atoms with Crippen LogP contribution in [-0.4, -0.2) is 19.9 Å². The van der Waals surface area contributed by atoms with Crippen LogP contribution < -0.4 is 0 Å². The molecular formula is C20H14N4S4. The quantitative estimate of drug-likeness (QED) is 0.119. The van der Waals surface area contributed by atoms with E-state index >= 15 is 0 Å². The Bertz CT molecular complexity index is 1470. The second kappa shape index (κ2) is 6.66. The van der Waals surface area contributed by atoms with Crippen molar-refractivity contribution in [1.29, 1.82) is 0 Å². The molecule has 138 valence electrons. The van der Waals surface area contributed by atoms with Gasteiger partial charge in [0, 0.05) is 0 Å².